The van der Waals surface area contributed by atoms with Gasteiger partial charge in [0, 0.05) is 24.9 Å². The molecule has 0 N–H and O–H groups in total. The lowest BCUT2D eigenvalue weighted by molar-refractivity contribution is 0.0833. The van der Waals surface area contributed by atoms with Crippen LogP contribution in [0, 0.1) is 5.92 Å². The summed E-state index contributed by atoms with van der Waals surface area (Å²) in [5.41, 5.74) is 1.10. The number of unbranched alkanes of at least 4 members (excludes halogenated alkanes) is 4. The molecule has 3 fully saturated rings. The number of nitrogens with zero attached hydrogens (tertiary/aromatic N) is 3. The van der Waals surface area contributed by atoms with Crippen molar-refractivity contribution in [2.75, 3.05) is 26.2 Å². The van der Waals surface area contributed by atoms with Crippen molar-refractivity contribution in [3.63, 3.8) is 0 Å². The quantitative estimate of drug-likeness (QED) is 0.687. The maximum Gasteiger partial charge on any atom is 0.235 e. The molecule has 0 saturated carbocycles. The summed E-state index contributed by atoms with van der Waals surface area (Å²) in [7, 11) is 0. The van der Waals surface area contributed by atoms with E-state index in [1.54, 1.807) is 6.20 Å². The fraction of sp³-hybridized carbons (Fsp3) is 0.778. The van der Waals surface area contributed by atoms with Crippen molar-refractivity contribution in [1.82, 2.24) is 14.9 Å². The van der Waals surface area contributed by atoms with E-state index in [1.807, 2.05) is 6.20 Å². The predicted molar refractivity (Wildman–Crippen MR) is 88.2 cm³/mol. The molecular weight excluding hydrogens is 274 g/mol. The Hall–Kier alpha value is -1.16. The third-order valence-corrected chi connectivity index (χ3v) is 5.19. The topological polar surface area (TPSA) is 38.3 Å². The third-order valence-electron chi connectivity index (χ3n) is 5.19. The summed E-state index contributed by atoms with van der Waals surface area (Å²) >= 11 is 0. The highest BCUT2D eigenvalue weighted by atomic mass is 16.5. The minimum atomic E-state index is 0.520. The summed E-state index contributed by atoms with van der Waals surface area (Å²) in [5, 5.41) is 0. The smallest absolute Gasteiger partial charge is 0.235 e. The van der Waals surface area contributed by atoms with Gasteiger partial charge in [-0.05, 0) is 38.3 Å². The molecule has 4 heteroatoms. The molecule has 3 aliphatic rings. The van der Waals surface area contributed by atoms with Crippen molar-refractivity contribution in [2.45, 2.75) is 57.8 Å². The third kappa shape index (κ3) is 3.78. The molecule has 3 saturated heterocycles. The maximum absolute atomic E-state index is 5.99. The number of rotatable bonds is 8. The molecule has 122 valence electrons. The van der Waals surface area contributed by atoms with Gasteiger partial charge in [-0.15, -0.1) is 0 Å². The first-order chi connectivity index (χ1) is 10.9. The second-order valence-electron chi connectivity index (χ2n) is 6.75. The van der Waals surface area contributed by atoms with Crippen LogP contribution in [0.4, 0.5) is 0 Å². The van der Waals surface area contributed by atoms with E-state index in [0.717, 1.165) is 37.1 Å². The van der Waals surface area contributed by atoms with Crippen LogP contribution in [0.15, 0.2) is 12.4 Å². The molecule has 1 aromatic rings. The number of hydrogen-bond acceptors (Lipinski definition) is 4. The molecule has 0 amide bonds. The standard InChI is InChI=1S/C18H29N3O/c1-2-3-4-5-6-13-22-18-17(19-9-10-20-18)16-14-21-11-7-15(16)8-12-21/h9-10,15-16H,2-8,11-14H2,1H3. The molecule has 0 aliphatic carbocycles. The van der Waals surface area contributed by atoms with Crippen LogP contribution < -0.4 is 4.74 Å². The molecule has 3 aliphatic heterocycles. The summed E-state index contributed by atoms with van der Waals surface area (Å²) in [5.74, 6) is 2.08. The summed E-state index contributed by atoms with van der Waals surface area (Å²) in [4.78, 5) is 11.7. The number of aromatic nitrogens is 2. The summed E-state index contributed by atoms with van der Waals surface area (Å²) < 4.78 is 5.99. The molecule has 1 aromatic heterocycles. The Kier molecular flexibility index (Phi) is 5.65. The van der Waals surface area contributed by atoms with Gasteiger partial charge in [0.2, 0.25) is 5.88 Å². The summed E-state index contributed by atoms with van der Waals surface area (Å²) in [6, 6.07) is 0. The van der Waals surface area contributed by atoms with Gasteiger partial charge < -0.3 is 9.64 Å². The number of ether oxygens (including phenoxy) is 1. The molecule has 1 unspecified atom stereocenters. The highest BCUT2D eigenvalue weighted by Crippen LogP contribution is 2.40. The first kappa shape index (κ1) is 15.7. The van der Waals surface area contributed by atoms with E-state index < -0.39 is 0 Å². The monoisotopic (exact) mass is 303 g/mol. The molecule has 4 rings (SSSR count). The van der Waals surface area contributed by atoms with Gasteiger partial charge in [0.15, 0.2) is 0 Å². The molecule has 4 heterocycles. The SMILES string of the molecule is CCCCCCCOc1nccnc1C1CN2CCC1CC2. The minimum absolute atomic E-state index is 0.520. The molecule has 4 nitrogen and oxygen atoms in total. The van der Waals surface area contributed by atoms with Gasteiger partial charge in [0.1, 0.15) is 5.69 Å². The van der Waals surface area contributed by atoms with Gasteiger partial charge >= 0.3 is 0 Å². The van der Waals surface area contributed by atoms with E-state index in [4.69, 9.17) is 4.74 Å². The fourth-order valence-electron chi connectivity index (χ4n) is 3.85. The van der Waals surface area contributed by atoms with Gasteiger partial charge in [0.05, 0.1) is 6.61 Å². The highest BCUT2D eigenvalue weighted by molar-refractivity contribution is 5.24. The number of fused-ring (bicyclic) bond motifs is 3. The summed E-state index contributed by atoms with van der Waals surface area (Å²) in [6.07, 6.45) is 12.5. The molecule has 22 heavy (non-hydrogen) atoms. The van der Waals surface area contributed by atoms with Crippen LogP contribution in [0.5, 0.6) is 5.88 Å². The van der Waals surface area contributed by atoms with Crippen molar-refractivity contribution >= 4 is 0 Å². The zero-order valence-electron chi connectivity index (χ0n) is 13.8. The Morgan fingerprint density at radius 2 is 1.86 bits per heavy atom. The minimum Gasteiger partial charge on any atom is -0.476 e. The molecule has 0 spiro atoms. The van der Waals surface area contributed by atoms with Crippen molar-refractivity contribution in [2.24, 2.45) is 5.92 Å². The maximum atomic E-state index is 5.99. The van der Waals surface area contributed by atoms with E-state index in [1.165, 1.54) is 51.6 Å². The molecule has 0 radical (unpaired) electrons. The molecule has 1 atom stereocenters. The Labute approximate surface area is 134 Å². The average molecular weight is 303 g/mol. The second-order valence-corrected chi connectivity index (χ2v) is 6.75. The molecular formula is C18H29N3O. The lowest BCUT2D eigenvalue weighted by Gasteiger charge is -2.44. The van der Waals surface area contributed by atoms with Crippen LogP contribution in [-0.4, -0.2) is 41.1 Å². The second kappa shape index (κ2) is 7.91. The number of piperidine rings is 3. The largest absolute Gasteiger partial charge is 0.476 e. The van der Waals surface area contributed by atoms with Crippen LogP contribution in [0.3, 0.4) is 0 Å². The predicted octanol–water partition coefficient (Wildman–Crippen LogP) is 3.64. The Balaban J connectivity index is 1.56. The van der Waals surface area contributed by atoms with Crippen LogP contribution in [0.2, 0.25) is 0 Å². The Bertz CT molecular complexity index is 457. The van der Waals surface area contributed by atoms with Gasteiger partial charge in [-0.1, -0.05) is 32.6 Å². The lowest BCUT2D eigenvalue weighted by Crippen LogP contribution is -2.46. The average Bonchev–Trinajstić information content (AvgIpc) is 2.59. The first-order valence-corrected chi connectivity index (χ1v) is 9.04. The fourth-order valence-corrected chi connectivity index (χ4v) is 3.85. The Morgan fingerprint density at radius 1 is 1.09 bits per heavy atom. The van der Waals surface area contributed by atoms with Crippen molar-refractivity contribution in [3.8, 4) is 5.88 Å². The normalized spacial score (nSPS) is 27.0. The van der Waals surface area contributed by atoms with E-state index in [-0.39, 0.29) is 0 Å². The number of hydrogen-bond donors (Lipinski definition) is 0. The highest BCUT2D eigenvalue weighted by Gasteiger charge is 2.37. The van der Waals surface area contributed by atoms with E-state index >= 15 is 0 Å². The van der Waals surface area contributed by atoms with Crippen molar-refractivity contribution in [3.05, 3.63) is 18.1 Å². The first-order valence-electron chi connectivity index (χ1n) is 9.04. The zero-order chi connectivity index (χ0) is 15.2. The van der Waals surface area contributed by atoms with Crippen LogP contribution in [-0.2, 0) is 0 Å². The van der Waals surface area contributed by atoms with Crippen LogP contribution in [0.25, 0.3) is 0 Å². The summed E-state index contributed by atoms with van der Waals surface area (Å²) in [6.45, 7) is 6.67. The zero-order valence-corrected chi connectivity index (χ0v) is 13.8. The lowest BCUT2D eigenvalue weighted by atomic mass is 9.77. The van der Waals surface area contributed by atoms with Crippen molar-refractivity contribution < 1.29 is 4.74 Å². The van der Waals surface area contributed by atoms with Crippen molar-refractivity contribution in [1.29, 1.82) is 0 Å². The van der Waals surface area contributed by atoms with Gasteiger partial charge in [0.25, 0.3) is 0 Å². The van der Waals surface area contributed by atoms with E-state index in [2.05, 4.69) is 21.8 Å². The van der Waals surface area contributed by atoms with E-state index in [0.29, 0.717) is 5.92 Å². The Morgan fingerprint density at radius 3 is 2.59 bits per heavy atom. The van der Waals surface area contributed by atoms with E-state index in [9.17, 15) is 0 Å². The van der Waals surface area contributed by atoms with Crippen LogP contribution in [0.1, 0.15) is 63.5 Å². The van der Waals surface area contributed by atoms with Gasteiger partial charge in [-0.2, -0.15) is 0 Å². The molecule has 0 aromatic carbocycles. The molecule has 2 bridgehead atoms. The van der Waals surface area contributed by atoms with Crippen LogP contribution >= 0.6 is 0 Å². The van der Waals surface area contributed by atoms with Gasteiger partial charge in [-0.3, -0.25) is 4.98 Å². The van der Waals surface area contributed by atoms with Gasteiger partial charge in [-0.25, -0.2) is 4.98 Å².